The number of nitrogens with zero attached hydrogens (tertiary/aromatic N) is 5. The monoisotopic (exact) mass is 435 g/mol. The summed E-state index contributed by atoms with van der Waals surface area (Å²) in [5.41, 5.74) is 2.17. The lowest BCUT2D eigenvalue weighted by Crippen LogP contribution is -2.39. The van der Waals surface area contributed by atoms with Gasteiger partial charge in [0.1, 0.15) is 0 Å². The number of benzene rings is 1. The Morgan fingerprint density at radius 3 is 2.66 bits per heavy atom. The van der Waals surface area contributed by atoms with Gasteiger partial charge in [0, 0.05) is 25.7 Å². The van der Waals surface area contributed by atoms with Crippen LogP contribution >= 0.6 is 0 Å². The van der Waals surface area contributed by atoms with Gasteiger partial charge in [0.25, 0.3) is 5.56 Å². The number of aromatic amines is 1. The lowest BCUT2D eigenvalue weighted by Gasteiger charge is -2.12. The molecule has 5 rings (SSSR count). The molecule has 3 heterocycles. The molecule has 0 radical (unpaired) electrons. The smallest absolute Gasteiger partial charge is 0.332 e. The fourth-order valence-electron chi connectivity index (χ4n) is 4.35. The Hall–Kier alpha value is -3.66. The van der Waals surface area contributed by atoms with Gasteiger partial charge in [-0.15, -0.1) is 0 Å². The van der Waals surface area contributed by atoms with E-state index in [9.17, 15) is 14.7 Å². The molecule has 0 saturated heterocycles. The van der Waals surface area contributed by atoms with Crippen LogP contribution in [0, 0.1) is 0 Å². The van der Waals surface area contributed by atoms with E-state index in [4.69, 9.17) is 0 Å². The van der Waals surface area contributed by atoms with Gasteiger partial charge in [0.15, 0.2) is 11.2 Å². The summed E-state index contributed by atoms with van der Waals surface area (Å²) in [6.07, 6.45) is 1.88. The standard InChI is InChI=1S/C22H25N7O3/c1-27-18-19(24-21(27)23-14-8-9-16(30)10-14)28(2)22(32)29(20(18)31)12-15-11-17(26-25-15)13-6-4-3-5-7-13/h3-7,11,14,16,30H,8-10,12H2,1-2H3,(H,23,24)(H,25,26). The fraction of sp³-hybridized carbons (Fsp3) is 0.364. The fourth-order valence-corrected chi connectivity index (χ4v) is 4.35. The van der Waals surface area contributed by atoms with Crippen LogP contribution in [-0.4, -0.2) is 46.1 Å². The number of imidazole rings is 1. The molecule has 10 heteroatoms. The molecule has 10 nitrogen and oxygen atoms in total. The van der Waals surface area contributed by atoms with E-state index in [0.29, 0.717) is 29.2 Å². The van der Waals surface area contributed by atoms with Crippen molar-refractivity contribution in [1.82, 2.24) is 28.9 Å². The van der Waals surface area contributed by atoms with E-state index >= 15 is 0 Å². The Morgan fingerprint density at radius 2 is 1.94 bits per heavy atom. The summed E-state index contributed by atoms with van der Waals surface area (Å²) >= 11 is 0. The van der Waals surface area contributed by atoms with Crippen molar-refractivity contribution < 1.29 is 5.11 Å². The lowest BCUT2D eigenvalue weighted by atomic mass is 10.1. The van der Waals surface area contributed by atoms with Crippen LogP contribution in [0.2, 0.25) is 0 Å². The average molecular weight is 435 g/mol. The van der Waals surface area contributed by atoms with E-state index in [1.54, 1.807) is 18.7 Å². The second-order valence-corrected chi connectivity index (χ2v) is 8.35. The summed E-state index contributed by atoms with van der Waals surface area (Å²) < 4.78 is 4.26. The maximum absolute atomic E-state index is 13.3. The zero-order chi connectivity index (χ0) is 22.4. The first-order valence-electron chi connectivity index (χ1n) is 10.6. The van der Waals surface area contributed by atoms with Crippen LogP contribution in [0.25, 0.3) is 22.4 Å². The SMILES string of the molecule is Cn1c(NC2CCC(O)C2)nc2c1c(=O)n(Cc1cc(-c3ccccc3)n[nH]1)c(=O)n2C. The van der Waals surface area contributed by atoms with Crippen molar-refractivity contribution in [3.8, 4) is 11.3 Å². The quantitative estimate of drug-likeness (QED) is 0.433. The van der Waals surface area contributed by atoms with Crippen molar-refractivity contribution >= 4 is 17.1 Å². The zero-order valence-corrected chi connectivity index (χ0v) is 17.9. The minimum absolute atomic E-state index is 0.0735. The maximum atomic E-state index is 13.3. The predicted molar refractivity (Wildman–Crippen MR) is 121 cm³/mol. The molecule has 0 aliphatic heterocycles. The van der Waals surface area contributed by atoms with Gasteiger partial charge in [-0.2, -0.15) is 10.1 Å². The highest BCUT2D eigenvalue weighted by Crippen LogP contribution is 2.23. The third kappa shape index (κ3) is 3.42. The van der Waals surface area contributed by atoms with Crippen molar-refractivity contribution in [2.24, 2.45) is 14.1 Å². The number of anilines is 1. The van der Waals surface area contributed by atoms with E-state index in [1.165, 1.54) is 9.13 Å². The highest BCUT2D eigenvalue weighted by Gasteiger charge is 2.25. The summed E-state index contributed by atoms with van der Waals surface area (Å²) in [7, 11) is 3.36. The number of aliphatic hydroxyl groups is 1. The van der Waals surface area contributed by atoms with Gasteiger partial charge in [-0.25, -0.2) is 4.79 Å². The first kappa shape index (κ1) is 20.3. The van der Waals surface area contributed by atoms with Crippen LogP contribution in [0.5, 0.6) is 0 Å². The molecular weight excluding hydrogens is 410 g/mol. The van der Waals surface area contributed by atoms with Crippen LogP contribution in [0.15, 0.2) is 46.0 Å². The molecule has 2 atom stereocenters. The minimum atomic E-state index is -0.445. The maximum Gasteiger partial charge on any atom is 0.332 e. The Morgan fingerprint density at radius 1 is 1.16 bits per heavy atom. The van der Waals surface area contributed by atoms with Gasteiger partial charge in [0.2, 0.25) is 5.95 Å². The van der Waals surface area contributed by atoms with Crippen LogP contribution in [0.3, 0.4) is 0 Å². The molecule has 1 saturated carbocycles. The molecule has 3 N–H and O–H groups in total. The van der Waals surface area contributed by atoms with Crippen molar-refractivity contribution in [3.63, 3.8) is 0 Å². The topological polar surface area (TPSA) is 123 Å². The second-order valence-electron chi connectivity index (χ2n) is 8.35. The predicted octanol–water partition coefficient (Wildman–Crippen LogP) is 1.20. The molecule has 0 spiro atoms. The molecule has 0 bridgehead atoms. The number of aromatic nitrogens is 6. The van der Waals surface area contributed by atoms with Gasteiger partial charge >= 0.3 is 5.69 Å². The van der Waals surface area contributed by atoms with E-state index in [2.05, 4.69) is 20.5 Å². The zero-order valence-electron chi connectivity index (χ0n) is 17.9. The Bertz CT molecular complexity index is 1400. The molecule has 4 aromatic rings. The third-order valence-corrected chi connectivity index (χ3v) is 6.13. The van der Waals surface area contributed by atoms with Gasteiger partial charge in [0.05, 0.1) is 24.0 Å². The third-order valence-electron chi connectivity index (χ3n) is 6.13. The summed E-state index contributed by atoms with van der Waals surface area (Å²) in [4.78, 5) is 30.8. The average Bonchev–Trinajstić information content (AvgIpc) is 3.50. The van der Waals surface area contributed by atoms with E-state index in [0.717, 1.165) is 24.1 Å². The van der Waals surface area contributed by atoms with Gasteiger partial charge < -0.3 is 15.0 Å². The molecule has 1 aromatic carbocycles. The molecule has 1 aliphatic carbocycles. The summed E-state index contributed by atoms with van der Waals surface area (Å²) in [6, 6.07) is 11.6. The Kier molecular flexibility index (Phi) is 4.93. The minimum Gasteiger partial charge on any atom is -0.393 e. The first-order chi connectivity index (χ1) is 15.4. The summed E-state index contributed by atoms with van der Waals surface area (Å²) in [5.74, 6) is 0.511. The second kappa shape index (κ2) is 7.79. The van der Waals surface area contributed by atoms with Crippen molar-refractivity contribution in [1.29, 1.82) is 0 Å². The molecule has 2 unspecified atom stereocenters. The normalized spacial score (nSPS) is 18.5. The number of fused-ring (bicyclic) bond motifs is 1. The van der Waals surface area contributed by atoms with Crippen LogP contribution < -0.4 is 16.6 Å². The number of hydrogen-bond donors (Lipinski definition) is 3. The summed E-state index contributed by atoms with van der Waals surface area (Å²) in [5, 5.41) is 20.3. The molecule has 1 aliphatic rings. The molecule has 1 fully saturated rings. The van der Waals surface area contributed by atoms with Gasteiger partial charge in [-0.05, 0) is 25.3 Å². The van der Waals surface area contributed by atoms with Crippen LogP contribution in [-0.2, 0) is 20.6 Å². The van der Waals surface area contributed by atoms with E-state index in [-0.39, 0.29) is 18.7 Å². The highest BCUT2D eigenvalue weighted by molar-refractivity contribution is 5.74. The highest BCUT2D eigenvalue weighted by atomic mass is 16.3. The van der Waals surface area contributed by atoms with Crippen molar-refractivity contribution in [2.75, 3.05) is 5.32 Å². The first-order valence-corrected chi connectivity index (χ1v) is 10.6. The molecule has 32 heavy (non-hydrogen) atoms. The van der Waals surface area contributed by atoms with Gasteiger partial charge in [-0.3, -0.25) is 19.0 Å². The Balaban J connectivity index is 1.52. The summed E-state index contributed by atoms with van der Waals surface area (Å²) in [6.45, 7) is 0.0735. The Labute approximate surface area is 183 Å². The van der Waals surface area contributed by atoms with Crippen molar-refractivity contribution in [3.05, 3.63) is 62.9 Å². The van der Waals surface area contributed by atoms with Crippen LogP contribution in [0.4, 0.5) is 5.95 Å². The molecule has 0 amide bonds. The molecule has 3 aromatic heterocycles. The number of aliphatic hydroxyl groups excluding tert-OH is 1. The van der Waals surface area contributed by atoms with Gasteiger partial charge in [-0.1, -0.05) is 30.3 Å². The number of hydrogen-bond acceptors (Lipinski definition) is 6. The number of rotatable bonds is 5. The number of aryl methyl sites for hydroxylation is 2. The van der Waals surface area contributed by atoms with E-state index < -0.39 is 11.2 Å². The number of nitrogens with one attached hydrogen (secondary N) is 2. The molecular formula is C22H25N7O3. The molecule has 166 valence electrons. The lowest BCUT2D eigenvalue weighted by molar-refractivity contribution is 0.182. The number of H-pyrrole nitrogens is 1. The van der Waals surface area contributed by atoms with Crippen molar-refractivity contribution in [2.45, 2.75) is 38.0 Å². The largest absolute Gasteiger partial charge is 0.393 e. The van der Waals surface area contributed by atoms with E-state index in [1.807, 2.05) is 36.4 Å². The van der Waals surface area contributed by atoms with Crippen LogP contribution in [0.1, 0.15) is 25.0 Å².